The SMILES string of the molecule is O=C(Nc1ccc(F)c(Cl)c1)N1CCN(c2ccc(Nc3ccncc3)nn2)CC1. The van der Waals surface area contributed by atoms with Crippen LogP contribution in [-0.4, -0.2) is 52.3 Å². The number of piperazine rings is 1. The molecular weight excluding hydrogens is 409 g/mol. The number of rotatable bonds is 4. The molecular formula is C20H19ClFN7O. The van der Waals surface area contributed by atoms with E-state index in [4.69, 9.17) is 11.6 Å². The van der Waals surface area contributed by atoms with Crippen molar-refractivity contribution in [3.05, 3.63) is 65.7 Å². The van der Waals surface area contributed by atoms with Crippen LogP contribution in [0.4, 0.5) is 32.2 Å². The highest BCUT2D eigenvalue weighted by atomic mass is 35.5. The molecule has 1 fully saturated rings. The van der Waals surface area contributed by atoms with Gasteiger partial charge in [0.05, 0.1) is 5.02 Å². The Balaban J connectivity index is 1.30. The lowest BCUT2D eigenvalue weighted by atomic mass is 10.3. The van der Waals surface area contributed by atoms with Crippen LogP contribution in [0.15, 0.2) is 54.9 Å². The number of amides is 2. The van der Waals surface area contributed by atoms with Crippen LogP contribution in [0.2, 0.25) is 5.02 Å². The predicted octanol–water partition coefficient (Wildman–Crippen LogP) is 3.76. The number of benzene rings is 1. The van der Waals surface area contributed by atoms with E-state index in [-0.39, 0.29) is 11.1 Å². The Labute approximate surface area is 177 Å². The molecule has 4 rings (SSSR count). The Bertz CT molecular complexity index is 1010. The molecule has 2 amide bonds. The monoisotopic (exact) mass is 427 g/mol. The van der Waals surface area contributed by atoms with E-state index in [9.17, 15) is 9.18 Å². The highest BCUT2D eigenvalue weighted by Gasteiger charge is 2.22. The molecule has 3 heterocycles. The number of carbonyl (C=O) groups is 1. The second-order valence-electron chi connectivity index (χ2n) is 6.67. The molecule has 0 bridgehead atoms. The Kier molecular flexibility index (Phi) is 5.89. The number of pyridine rings is 1. The second kappa shape index (κ2) is 8.91. The van der Waals surface area contributed by atoms with Crippen LogP contribution >= 0.6 is 11.6 Å². The highest BCUT2D eigenvalue weighted by molar-refractivity contribution is 6.31. The minimum absolute atomic E-state index is 0.0296. The molecule has 0 atom stereocenters. The summed E-state index contributed by atoms with van der Waals surface area (Å²) in [6.07, 6.45) is 3.40. The van der Waals surface area contributed by atoms with E-state index in [1.807, 2.05) is 24.3 Å². The second-order valence-corrected chi connectivity index (χ2v) is 7.08. The highest BCUT2D eigenvalue weighted by Crippen LogP contribution is 2.21. The summed E-state index contributed by atoms with van der Waals surface area (Å²) >= 11 is 5.76. The first-order chi connectivity index (χ1) is 14.6. The van der Waals surface area contributed by atoms with E-state index < -0.39 is 5.82 Å². The molecule has 10 heteroatoms. The van der Waals surface area contributed by atoms with Gasteiger partial charge >= 0.3 is 6.03 Å². The van der Waals surface area contributed by atoms with Gasteiger partial charge in [-0.1, -0.05) is 11.6 Å². The molecule has 0 radical (unpaired) electrons. The largest absolute Gasteiger partial charge is 0.352 e. The number of nitrogens with zero attached hydrogens (tertiary/aromatic N) is 5. The molecule has 1 aliphatic rings. The Morgan fingerprint density at radius 3 is 2.40 bits per heavy atom. The summed E-state index contributed by atoms with van der Waals surface area (Å²) in [5, 5.41) is 14.4. The molecule has 0 saturated carbocycles. The van der Waals surface area contributed by atoms with Crippen LogP contribution in [0, 0.1) is 5.82 Å². The van der Waals surface area contributed by atoms with Crippen LogP contribution in [0.3, 0.4) is 0 Å². The Hall–Kier alpha value is -3.46. The molecule has 1 saturated heterocycles. The molecule has 2 aromatic heterocycles. The number of halogens is 2. The third-order valence-electron chi connectivity index (χ3n) is 4.66. The molecule has 0 spiro atoms. The zero-order valence-electron chi connectivity index (χ0n) is 15.9. The molecule has 2 N–H and O–H groups in total. The normalized spacial score (nSPS) is 13.8. The van der Waals surface area contributed by atoms with Gasteiger partial charge < -0.3 is 20.4 Å². The van der Waals surface area contributed by atoms with Crippen LogP contribution in [0.1, 0.15) is 0 Å². The fourth-order valence-corrected chi connectivity index (χ4v) is 3.24. The van der Waals surface area contributed by atoms with Crippen molar-refractivity contribution in [2.45, 2.75) is 0 Å². The standard InChI is InChI=1S/C20H19ClFN7O/c21-16-13-15(1-2-17(16)22)25-20(30)29-11-9-28(10-12-29)19-4-3-18(26-27-19)24-14-5-7-23-8-6-14/h1-8,13H,9-12H2,(H,25,30)(H,23,24,26). The van der Waals surface area contributed by atoms with Crippen LogP contribution in [0.25, 0.3) is 0 Å². The fraction of sp³-hybridized carbons (Fsp3) is 0.200. The lowest BCUT2D eigenvalue weighted by molar-refractivity contribution is 0.208. The number of hydrogen-bond acceptors (Lipinski definition) is 6. The zero-order valence-corrected chi connectivity index (χ0v) is 16.7. The number of nitrogens with one attached hydrogen (secondary N) is 2. The Morgan fingerprint density at radius 1 is 0.967 bits per heavy atom. The molecule has 0 unspecified atom stereocenters. The quantitative estimate of drug-likeness (QED) is 0.659. The van der Waals surface area contributed by atoms with E-state index in [0.29, 0.717) is 37.7 Å². The summed E-state index contributed by atoms with van der Waals surface area (Å²) in [5.74, 6) is 0.868. The molecule has 1 aliphatic heterocycles. The van der Waals surface area contributed by atoms with Crippen LogP contribution < -0.4 is 15.5 Å². The Morgan fingerprint density at radius 2 is 1.73 bits per heavy atom. The lowest BCUT2D eigenvalue weighted by Gasteiger charge is -2.35. The zero-order chi connectivity index (χ0) is 20.9. The van der Waals surface area contributed by atoms with Crippen molar-refractivity contribution < 1.29 is 9.18 Å². The van der Waals surface area contributed by atoms with Crippen molar-refractivity contribution >= 4 is 40.6 Å². The van der Waals surface area contributed by atoms with Gasteiger partial charge in [0.25, 0.3) is 0 Å². The minimum Gasteiger partial charge on any atom is -0.352 e. The van der Waals surface area contributed by atoms with Crippen molar-refractivity contribution in [2.75, 3.05) is 41.7 Å². The summed E-state index contributed by atoms with van der Waals surface area (Å²) < 4.78 is 13.3. The molecule has 154 valence electrons. The van der Waals surface area contributed by atoms with Gasteiger partial charge in [0.2, 0.25) is 0 Å². The average molecular weight is 428 g/mol. The number of carbonyl (C=O) groups excluding carboxylic acids is 1. The van der Waals surface area contributed by atoms with E-state index in [1.165, 1.54) is 18.2 Å². The fourth-order valence-electron chi connectivity index (χ4n) is 3.06. The molecule has 30 heavy (non-hydrogen) atoms. The van der Waals surface area contributed by atoms with E-state index in [2.05, 4.69) is 30.7 Å². The summed E-state index contributed by atoms with van der Waals surface area (Å²) in [4.78, 5) is 20.2. The molecule has 1 aromatic carbocycles. The summed E-state index contributed by atoms with van der Waals surface area (Å²) in [7, 11) is 0. The molecule has 3 aromatic rings. The van der Waals surface area contributed by atoms with Gasteiger partial charge in [-0.3, -0.25) is 4.98 Å². The lowest BCUT2D eigenvalue weighted by Crippen LogP contribution is -2.50. The van der Waals surface area contributed by atoms with Gasteiger partial charge in [-0.05, 0) is 42.5 Å². The van der Waals surface area contributed by atoms with Crippen molar-refractivity contribution in [2.24, 2.45) is 0 Å². The third-order valence-corrected chi connectivity index (χ3v) is 4.95. The number of aromatic nitrogens is 3. The molecule has 8 nitrogen and oxygen atoms in total. The van der Waals surface area contributed by atoms with Crippen LogP contribution in [0.5, 0.6) is 0 Å². The van der Waals surface area contributed by atoms with E-state index >= 15 is 0 Å². The van der Waals surface area contributed by atoms with E-state index in [1.54, 1.807) is 17.3 Å². The first kappa shape index (κ1) is 19.8. The van der Waals surface area contributed by atoms with Gasteiger partial charge in [-0.15, -0.1) is 10.2 Å². The average Bonchev–Trinajstić information content (AvgIpc) is 2.78. The first-order valence-electron chi connectivity index (χ1n) is 9.35. The minimum atomic E-state index is -0.522. The van der Waals surface area contributed by atoms with E-state index in [0.717, 1.165) is 11.5 Å². The maximum Gasteiger partial charge on any atom is 0.321 e. The predicted molar refractivity (Wildman–Crippen MR) is 114 cm³/mol. The maximum absolute atomic E-state index is 13.3. The van der Waals surface area contributed by atoms with Crippen molar-refractivity contribution in [3.63, 3.8) is 0 Å². The molecule has 0 aliphatic carbocycles. The van der Waals surface area contributed by atoms with Gasteiger partial charge in [0.1, 0.15) is 5.82 Å². The summed E-state index contributed by atoms with van der Waals surface area (Å²) in [5.41, 5.74) is 1.34. The van der Waals surface area contributed by atoms with Gasteiger partial charge in [0, 0.05) is 49.9 Å². The third kappa shape index (κ3) is 4.74. The van der Waals surface area contributed by atoms with Crippen molar-refractivity contribution in [1.29, 1.82) is 0 Å². The number of anilines is 4. The maximum atomic E-state index is 13.3. The first-order valence-corrected chi connectivity index (χ1v) is 9.73. The topological polar surface area (TPSA) is 86.3 Å². The summed E-state index contributed by atoms with van der Waals surface area (Å²) in [6, 6.07) is 11.3. The smallest absolute Gasteiger partial charge is 0.321 e. The number of hydrogen-bond donors (Lipinski definition) is 2. The van der Waals surface area contributed by atoms with Gasteiger partial charge in [-0.25, -0.2) is 9.18 Å². The van der Waals surface area contributed by atoms with Crippen molar-refractivity contribution in [1.82, 2.24) is 20.1 Å². The summed E-state index contributed by atoms with van der Waals surface area (Å²) in [6.45, 7) is 2.31. The van der Waals surface area contributed by atoms with Gasteiger partial charge in [0.15, 0.2) is 11.6 Å². The number of urea groups is 1. The van der Waals surface area contributed by atoms with Crippen LogP contribution in [-0.2, 0) is 0 Å². The van der Waals surface area contributed by atoms with Crippen molar-refractivity contribution in [3.8, 4) is 0 Å². The van der Waals surface area contributed by atoms with Gasteiger partial charge in [-0.2, -0.15) is 0 Å².